The zero-order valence-electron chi connectivity index (χ0n) is 11.9. The van der Waals surface area contributed by atoms with Crippen molar-refractivity contribution in [2.24, 2.45) is 0 Å². The maximum atomic E-state index is 13.4. The van der Waals surface area contributed by atoms with Crippen molar-refractivity contribution in [2.75, 3.05) is 11.1 Å². The molecule has 3 nitrogen and oxygen atoms in total. The van der Waals surface area contributed by atoms with Crippen molar-refractivity contribution in [3.8, 4) is 0 Å². The van der Waals surface area contributed by atoms with E-state index in [2.05, 4.69) is 10.3 Å². The number of anilines is 1. The van der Waals surface area contributed by atoms with Gasteiger partial charge in [-0.25, -0.2) is 13.8 Å². The van der Waals surface area contributed by atoms with Crippen LogP contribution in [0.15, 0.2) is 42.5 Å². The Hall–Kier alpha value is -1.99. The molecule has 3 rings (SSSR count). The quantitative estimate of drug-likeness (QED) is 0.739. The Morgan fingerprint density at radius 1 is 1.13 bits per heavy atom. The van der Waals surface area contributed by atoms with Crippen molar-refractivity contribution in [2.45, 2.75) is 5.75 Å². The van der Waals surface area contributed by atoms with Crippen LogP contribution >= 0.6 is 23.1 Å². The van der Waals surface area contributed by atoms with Crippen LogP contribution in [0, 0.1) is 11.6 Å². The summed E-state index contributed by atoms with van der Waals surface area (Å²) in [6.07, 6.45) is 0. The number of rotatable bonds is 5. The van der Waals surface area contributed by atoms with Gasteiger partial charge in [0, 0.05) is 5.75 Å². The number of fused-ring (bicyclic) bond motifs is 1. The maximum absolute atomic E-state index is 13.4. The van der Waals surface area contributed by atoms with Crippen molar-refractivity contribution in [1.82, 2.24) is 4.98 Å². The second-order valence-corrected chi connectivity index (χ2v) is 6.81. The van der Waals surface area contributed by atoms with Gasteiger partial charge in [-0.2, -0.15) is 0 Å². The number of carbonyl (C=O) groups is 1. The molecule has 1 heterocycles. The second kappa shape index (κ2) is 7.06. The average Bonchev–Trinajstić information content (AvgIpc) is 2.94. The van der Waals surface area contributed by atoms with E-state index in [0.29, 0.717) is 5.75 Å². The monoisotopic (exact) mass is 350 g/mol. The number of halogens is 2. The van der Waals surface area contributed by atoms with E-state index in [4.69, 9.17) is 0 Å². The minimum absolute atomic E-state index is 0.101. The molecule has 0 spiro atoms. The molecule has 1 aromatic heterocycles. The summed E-state index contributed by atoms with van der Waals surface area (Å²) in [4.78, 5) is 16.3. The van der Waals surface area contributed by atoms with Crippen LogP contribution in [-0.4, -0.2) is 16.6 Å². The number of nitrogens with one attached hydrogen (secondary N) is 1. The van der Waals surface area contributed by atoms with E-state index in [9.17, 15) is 13.6 Å². The first-order chi connectivity index (χ1) is 11.1. The molecule has 0 atom stereocenters. The van der Waals surface area contributed by atoms with Gasteiger partial charge in [0.25, 0.3) is 0 Å². The van der Waals surface area contributed by atoms with Crippen LogP contribution < -0.4 is 5.32 Å². The second-order valence-electron chi connectivity index (χ2n) is 4.71. The van der Waals surface area contributed by atoms with Gasteiger partial charge in [-0.1, -0.05) is 18.2 Å². The first-order valence-corrected chi connectivity index (χ1v) is 8.76. The van der Waals surface area contributed by atoms with Crippen LogP contribution in [0.5, 0.6) is 0 Å². The highest BCUT2D eigenvalue weighted by molar-refractivity contribution is 7.99. The summed E-state index contributed by atoms with van der Waals surface area (Å²) in [5.74, 6) is -1.33. The van der Waals surface area contributed by atoms with E-state index in [1.165, 1.54) is 17.8 Å². The molecule has 3 aromatic rings. The summed E-state index contributed by atoms with van der Waals surface area (Å²) in [5.41, 5.74) is 0.532. The fraction of sp³-hybridized carbons (Fsp3) is 0.125. The van der Waals surface area contributed by atoms with Crippen LogP contribution in [0.2, 0.25) is 0 Å². The third kappa shape index (κ3) is 3.86. The molecule has 0 fully saturated rings. The fourth-order valence-electron chi connectivity index (χ4n) is 2.01. The number of hydrogen-bond acceptors (Lipinski definition) is 4. The number of carbonyl (C=O) groups excluding carboxylic acids is 1. The molecule has 0 aliphatic rings. The lowest BCUT2D eigenvalue weighted by atomic mass is 10.3. The summed E-state index contributed by atoms with van der Waals surface area (Å²) in [5, 5.41) is 3.18. The first-order valence-electron chi connectivity index (χ1n) is 6.79. The van der Waals surface area contributed by atoms with Gasteiger partial charge >= 0.3 is 0 Å². The fourth-order valence-corrected chi connectivity index (χ4v) is 3.85. The van der Waals surface area contributed by atoms with Gasteiger partial charge in [0.1, 0.15) is 22.3 Å². The number of nitrogens with zero attached hydrogens (tertiary/aromatic N) is 1. The number of thioether (sulfide) groups is 1. The molecule has 1 amide bonds. The van der Waals surface area contributed by atoms with E-state index in [1.807, 2.05) is 24.3 Å². The van der Waals surface area contributed by atoms with E-state index in [-0.39, 0.29) is 5.75 Å². The highest BCUT2D eigenvalue weighted by Gasteiger charge is 2.12. The molecule has 0 aliphatic heterocycles. The molecule has 0 unspecified atom stereocenters. The molecule has 23 heavy (non-hydrogen) atoms. The lowest BCUT2D eigenvalue weighted by Crippen LogP contribution is -2.16. The lowest BCUT2D eigenvalue weighted by molar-refractivity contribution is -0.113. The Morgan fingerprint density at radius 2 is 1.87 bits per heavy atom. The van der Waals surface area contributed by atoms with E-state index in [0.717, 1.165) is 27.4 Å². The van der Waals surface area contributed by atoms with Crippen molar-refractivity contribution in [1.29, 1.82) is 0 Å². The highest BCUT2D eigenvalue weighted by Crippen LogP contribution is 2.25. The third-order valence-corrected chi connectivity index (χ3v) is 5.19. The molecule has 0 radical (unpaired) electrons. The Kier molecular flexibility index (Phi) is 4.88. The van der Waals surface area contributed by atoms with Crippen molar-refractivity contribution in [3.05, 3.63) is 59.1 Å². The number of aromatic nitrogens is 1. The number of para-hydroxylation sites is 2. The summed E-state index contributed by atoms with van der Waals surface area (Å²) < 4.78 is 28.0. The summed E-state index contributed by atoms with van der Waals surface area (Å²) in [6.45, 7) is 0. The maximum Gasteiger partial charge on any atom is 0.234 e. The SMILES string of the molecule is O=C(CSCc1nc2ccccc2s1)Nc1c(F)cccc1F. The Balaban J connectivity index is 1.55. The molecule has 0 aliphatic carbocycles. The van der Waals surface area contributed by atoms with Crippen LogP contribution in [0.4, 0.5) is 14.5 Å². The van der Waals surface area contributed by atoms with Gasteiger partial charge in [-0.3, -0.25) is 4.79 Å². The number of amides is 1. The van der Waals surface area contributed by atoms with Gasteiger partial charge in [0.15, 0.2) is 0 Å². The molecule has 2 aromatic carbocycles. The lowest BCUT2D eigenvalue weighted by Gasteiger charge is -2.06. The molecular formula is C16H12F2N2OS2. The Labute approximate surface area is 139 Å². The molecule has 0 saturated heterocycles. The number of hydrogen-bond donors (Lipinski definition) is 1. The molecular weight excluding hydrogens is 338 g/mol. The summed E-state index contributed by atoms with van der Waals surface area (Å²) in [6, 6.07) is 11.3. The predicted octanol–water partition coefficient (Wildman–Crippen LogP) is 4.45. The Bertz CT molecular complexity index is 798. The average molecular weight is 350 g/mol. The van der Waals surface area contributed by atoms with E-state index < -0.39 is 23.2 Å². The van der Waals surface area contributed by atoms with Crippen molar-refractivity contribution >= 4 is 44.9 Å². The molecule has 1 N–H and O–H groups in total. The number of thiazole rings is 1. The van der Waals surface area contributed by atoms with E-state index >= 15 is 0 Å². The summed E-state index contributed by atoms with van der Waals surface area (Å²) >= 11 is 2.93. The first kappa shape index (κ1) is 15.9. The third-order valence-electron chi connectivity index (χ3n) is 3.02. The summed E-state index contributed by atoms with van der Waals surface area (Å²) in [7, 11) is 0. The van der Waals surface area contributed by atoms with Crippen LogP contribution in [0.3, 0.4) is 0 Å². The van der Waals surface area contributed by atoms with Gasteiger partial charge in [0.2, 0.25) is 5.91 Å². The largest absolute Gasteiger partial charge is 0.320 e. The highest BCUT2D eigenvalue weighted by atomic mass is 32.2. The molecule has 118 valence electrons. The minimum Gasteiger partial charge on any atom is -0.320 e. The Morgan fingerprint density at radius 3 is 2.61 bits per heavy atom. The zero-order valence-corrected chi connectivity index (χ0v) is 13.5. The van der Waals surface area contributed by atoms with Gasteiger partial charge in [-0.15, -0.1) is 23.1 Å². The van der Waals surface area contributed by atoms with Crippen LogP contribution in [-0.2, 0) is 10.5 Å². The normalized spacial score (nSPS) is 10.9. The standard InChI is InChI=1S/C16H12F2N2OS2/c17-10-4-3-5-11(18)16(10)20-14(21)8-22-9-15-19-12-6-1-2-7-13(12)23-15/h1-7H,8-9H2,(H,20,21). The molecule has 7 heteroatoms. The van der Waals surface area contributed by atoms with Gasteiger partial charge < -0.3 is 5.32 Å². The van der Waals surface area contributed by atoms with Crippen LogP contribution in [0.25, 0.3) is 10.2 Å². The van der Waals surface area contributed by atoms with Crippen LogP contribution in [0.1, 0.15) is 5.01 Å². The van der Waals surface area contributed by atoms with Crippen molar-refractivity contribution in [3.63, 3.8) is 0 Å². The number of benzene rings is 2. The van der Waals surface area contributed by atoms with E-state index in [1.54, 1.807) is 11.3 Å². The smallest absolute Gasteiger partial charge is 0.234 e. The molecule has 0 bridgehead atoms. The topological polar surface area (TPSA) is 42.0 Å². The predicted molar refractivity (Wildman–Crippen MR) is 90.8 cm³/mol. The van der Waals surface area contributed by atoms with Crippen molar-refractivity contribution < 1.29 is 13.6 Å². The zero-order chi connectivity index (χ0) is 16.2. The van der Waals surface area contributed by atoms with Gasteiger partial charge in [-0.05, 0) is 24.3 Å². The molecule has 0 saturated carbocycles. The minimum atomic E-state index is -0.783. The van der Waals surface area contributed by atoms with Gasteiger partial charge in [0.05, 0.1) is 16.0 Å².